The molecule has 0 heterocycles. The van der Waals surface area contributed by atoms with Crippen molar-refractivity contribution in [2.45, 2.75) is 96.1 Å². The van der Waals surface area contributed by atoms with Crippen molar-refractivity contribution < 1.29 is 19.9 Å². The summed E-state index contributed by atoms with van der Waals surface area (Å²) in [7, 11) is 0. The number of nitrogens with zero attached hydrogens (tertiary/aromatic N) is 1. The van der Waals surface area contributed by atoms with Gasteiger partial charge in [0.2, 0.25) is 6.04 Å². The van der Waals surface area contributed by atoms with E-state index in [2.05, 4.69) is 6.92 Å². The Hall–Kier alpha value is -1.43. The van der Waals surface area contributed by atoms with Crippen molar-refractivity contribution in [3.63, 3.8) is 0 Å². The van der Waals surface area contributed by atoms with Crippen LogP contribution in [0.25, 0.3) is 0 Å². The first-order chi connectivity index (χ1) is 11.5. The minimum Gasteiger partial charge on any atom is -0.481 e. The molecule has 140 valence electrons. The zero-order valence-electron chi connectivity index (χ0n) is 14.9. The number of carboxylic acids is 1. The lowest BCUT2D eigenvalue weighted by molar-refractivity contribution is -0.533. The highest BCUT2D eigenvalue weighted by molar-refractivity contribution is 5.66. The molecule has 2 unspecified atom stereocenters. The molecule has 0 amide bonds. The van der Waals surface area contributed by atoms with Crippen LogP contribution in [0.15, 0.2) is 12.2 Å². The number of carboxylic acid groups (broad SMARTS) is 1. The molecule has 0 radical (unpaired) electrons. The SMILES string of the molecule is CCCCCC(O)C(C/C=C\CCCCCCCC(=O)O)[N+](=O)[O-]. The minimum absolute atomic E-state index is 0.239. The predicted octanol–water partition coefficient (Wildman–Crippen LogP) is 4.33. The van der Waals surface area contributed by atoms with Gasteiger partial charge >= 0.3 is 5.97 Å². The summed E-state index contributed by atoms with van der Waals surface area (Å²) >= 11 is 0. The Morgan fingerprint density at radius 3 is 2.38 bits per heavy atom. The van der Waals surface area contributed by atoms with E-state index >= 15 is 0 Å². The van der Waals surface area contributed by atoms with Crippen LogP contribution in [-0.2, 0) is 4.79 Å². The monoisotopic (exact) mass is 343 g/mol. The molecule has 6 heteroatoms. The van der Waals surface area contributed by atoms with Crippen molar-refractivity contribution in [3.05, 3.63) is 22.3 Å². The second kappa shape index (κ2) is 15.1. The molecule has 0 aliphatic rings. The van der Waals surface area contributed by atoms with Crippen LogP contribution in [0, 0.1) is 10.1 Å². The molecular formula is C18H33NO5. The molecule has 0 aromatic rings. The maximum absolute atomic E-state index is 11.1. The fourth-order valence-corrected chi connectivity index (χ4v) is 2.60. The Kier molecular flexibility index (Phi) is 14.2. The van der Waals surface area contributed by atoms with Crippen LogP contribution in [0.3, 0.4) is 0 Å². The molecule has 6 nitrogen and oxygen atoms in total. The summed E-state index contributed by atoms with van der Waals surface area (Å²) in [5.74, 6) is -0.741. The zero-order chi connectivity index (χ0) is 18.2. The molecule has 0 saturated heterocycles. The highest BCUT2D eigenvalue weighted by atomic mass is 16.6. The Balaban J connectivity index is 3.79. The number of rotatable bonds is 16. The van der Waals surface area contributed by atoms with E-state index < -0.39 is 18.1 Å². The largest absolute Gasteiger partial charge is 0.481 e. The van der Waals surface area contributed by atoms with Gasteiger partial charge in [0.1, 0.15) is 6.10 Å². The molecule has 0 fully saturated rings. The standard InChI is InChI=1S/C18H33NO5/c1-2-3-10-14-17(20)16(19(23)24)13-11-8-6-4-5-7-9-12-15-18(21)22/h8,11,16-17,20H,2-7,9-10,12-15H2,1H3,(H,21,22)/b11-8-. The van der Waals surface area contributed by atoms with Crippen molar-refractivity contribution in [1.29, 1.82) is 0 Å². The number of aliphatic hydroxyl groups is 1. The topological polar surface area (TPSA) is 101 Å². The number of allylic oxidation sites excluding steroid dienone is 1. The maximum Gasteiger partial charge on any atom is 0.303 e. The zero-order valence-corrected chi connectivity index (χ0v) is 14.9. The molecule has 24 heavy (non-hydrogen) atoms. The molecule has 0 bridgehead atoms. The van der Waals surface area contributed by atoms with E-state index in [-0.39, 0.29) is 17.8 Å². The summed E-state index contributed by atoms with van der Waals surface area (Å²) in [4.78, 5) is 21.0. The molecule has 2 atom stereocenters. The summed E-state index contributed by atoms with van der Waals surface area (Å²) < 4.78 is 0. The summed E-state index contributed by atoms with van der Waals surface area (Å²) in [6, 6.07) is -0.908. The normalized spacial score (nSPS) is 13.9. The lowest BCUT2D eigenvalue weighted by Crippen LogP contribution is -2.33. The van der Waals surface area contributed by atoms with Crippen LogP contribution in [0.5, 0.6) is 0 Å². The van der Waals surface area contributed by atoms with Crippen molar-refractivity contribution in [2.75, 3.05) is 0 Å². The Labute approximate surface area is 145 Å². The van der Waals surface area contributed by atoms with Crippen molar-refractivity contribution in [1.82, 2.24) is 0 Å². The number of hydrogen-bond acceptors (Lipinski definition) is 4. The molecule has 0 saturated carbocycles. The Bertz CT molecular complexity index is 370. The van der Waals surface area contributed by atoms with Gasteiger partial charge in [-0.15, -0.1) is 0 Å². The number of nitro groups is 1. The summed E-state index contributed by atoms with van der Waals surface area (Å²) in [5.41, 5.74) is 0. The highest BCUT2D eigenvalue weighted by Gasteiger charge is 2.27. The summed E-state index contributed by atoms with van der Waals surface area (Å²) in [6.45, 7) is 2.06. The number of aliphatic hydroxyl groups excluding tert-OH is 1. The average Bonchev–Trinajstić information content (AvgIpc) is 2.52. The van der Waals surface area contributed by atoms with Crippen molar-refractivity contribution in [3.8, 4) is 0 Å². The van der Waals surface area contributed by atoms with Crippen LogP contribution < -0.4 is 0 Å². The van der Waals surface area contributed by atoms with Gasteiger partial charge in [0.25, 0.3) is 0 Å². The second-order valence-electron chi connectivity index (χ2n) is 6.32. The predicted molar refractivity (Wildman–Crippen MR) is 94.6 cm³/mol. The quantitative estimate of drug-likeness (QED) is 0.188. The third-order valence-electron chi connectivity index (χ3n) is 4.12. The Morgan fingerprint density at radius 2 is 1.75 bits per heavy atom. The van der Waals surface area contributed by atoms with Crippen LogP contribution in [-0.4, -0.2) is 33.3 Å². The third kappa shape index (κ3) is 13.0. The van der Waals surface area contributed by atoms with Gasteiger partial charge in [-0.25, -0.2) is 0 Å². The second-order valence-corrected chi connectivity index (χ2v) is 6.32. The fourth-order valence-electron chi connectivity index (χ4n) is 2.60. The van der Waals surface area contributed by atoms with Gasteiger partial charge in [0, 0.05) is 17.8 Å². The van der Waals surface area contributed by atoms with E-state index in [1.807, 2.05) is 6.08 Å². The van der Waals surface area contributed by atoms with Crippen LogP contribution >= 0.6 is 0 Å². The van der Waals surface area contributed by atoms with Crippen LogP contribution in [0.2, 0.25) is 0 Å². The molecule has 0 aliphatic carbocycles. The van der Waals surface area contributed by atoms with E-state index in [1.165, 1.54) is 0 Å². The first-order valence-electron chi connectivity index (χ1n) is 9.17. The molecule has 0 aromatic heterocycles. The van der Waals surface area contributed by atoms with Gasteiger partial charge in [0.05, 0.1) is 0 Å². The van der Waals surface area contributed by atoms with Crippen molar-refractivity contribution >= 4 is 5.97 Å². The van der Waals surface area contributed by atoms with Gasteiger partial charge in [-0.05, 0) is 25.7 Å². The van der Waals surface area contributed by atoms with Crippen LogP contribution in [0.1, 0.15) is 84.0 Å². The summed E-state index contributed by atoms with van der Waals surface area (Å²) in [6.07, 6.45) is 12.3. The molecular weight excluding hydrogens is 310 g/mol. The highest BCUT2D eigenvalue weighted by Crippen LogP contribution is 2.13. The van der Waals surface area contributed by atoms with E-state index in [4.69, 9.17) is 5.11 Å². The lowest BCUT2D eigenvalue weighted by Gasteiger charge is -2.14. The molecule has 0 rings (SSSR count). The molecule has 0 aliphatic heterocycles. The molecule has 2 N–H and O–H groups in total. The first kappa shape index (κ1) is 22.6. The number of hydrogen-bond donors (Lipinski definition) is 2. The van der Waals surface area contributed by atoms with Crippen LogP contribution in [0.4, 0.5) is 0 Å². The van der Waals surface area contributed by atoms with E-state index in [0.29, 0.717) is 6.42 Å². The number of unbranched alkanes of at least 4 members (excludes halogenated alkanes) is 7. The van der Waals surface area contributed by atoms with Gasteiger partial charge < -0.3 is 10.2 Å². The summed E-state index contributed by atoms with van der Waals surface area (Å²) in [5, 5.41) is 29.5. The van der Waals surface area contributed by atoms with E-state index in [9.17, 15) is 20.0 Å². The maximum atomic E-state index is 11.1. The third-order valence-corrected chi connectivity index (χ3v) is 4.12. The number of aliphatic carboxylic acids is 1. The number of carbonyl (C=O) groups is 1. The van der Waals surface area contributed by atoms with Crippen molar-refractivity contribution in [2.24, 2.45) is 0 Å². The van der Waals surface area contributed by atoms with Gasteiger partial charge in [0.15, 0.2) is 0 Å². The average molecular weight is 343 g/mol. The fraction of sp³-hybridized carbons (Fsp3) is 0.833. The van der Waals surface area contributed by atoms with Gasteiger partial charge in [-0.2, -0.15) is 0 Å². The Morgan fingerprint density at radius 1 is 1.08 bits per heavy atom. The first-order valence-corrected chi connectivity index (χ1v) is 9.17. The van der Waals surface area contributed by atoms with E-state index in [1.54, 1.807) is 6.08 Å². The smallest absolute Gasteiger partial charge is 0.303 e. The molecule has 0 aromatic carbocycles. The van der Waals surface area contributed by atoms with E-state index in [0.717, 1.165) is 57.8 Å². The minimum atomic E-state index is -0.908. The molecule has 0 spiro atoms. The van der Waals surface area contributed by atoms with Gasteiger partial charge in [-0.3, -0.25) is 14.9 Å². The lowest BCUT2D eigenvalue weighted by atomic mass is 10.0. The van der Waals surface area contributed by atoms with Gasteiger partial charge in [-0.1, -0.05) is 57.6 Å².